The third-order valence-electron chi connectivity index (χ3n) is 3.91. The summed E-state index contributed by atoms with van der Waals surface area (Å²) in [5.41, 5.74) is 0.0455. The molecule has 3 atom stereocenters. The Morgan fingerprint density at radius 3 is 2.48 bits per heavy atom. The molecule has 1 nitrogen and oxygen atoms in total. The van der Waals surface area contributed by atoms with E-state index in [1.165, 1.54) is 0 Å². The van der Waals surface area contributed by atoms with Crippen LogP contribution < -0.4 is 0 Å². The zero-order valence-electron chi connectivity index (χ0n) is 11.9. The Hall–Kier alpha value is -1.36. The lowest BCUT2D eigenvalue weighted by atomic mass is 9.79. The van der Waals surface area contributed by atoms with E-state index in [1.807, 2.05) is 13.8 Å². The van der Waals surface area contributed by atoms with E-state index in [2.05, 4.69) is 6.08 Å². The maximum atomic E-state index is 13.6. The monoisotopic (exact) mass is 302 g/mol. The number of rotatable bonds is 2. The van der Waals surface area contributed by atoms with Crippen LogP contribution in [-0.2, 0) is 6.18 Å². The first-order chi connectivity index (χ1) is 9.68. The largest absolute Gasteiger partial charge is 0.419 e. The average Bonchev–Trinajstić information content (AvgIpc) is 2.35. The molecule has 0 bridgehead atoms. The summed E-state index contributed by atoms with van der Waals surface area (Å²) in [5.74, 6) is -1.13. The second-order valence-corrected chi connectivity index (χ2v) is 5.87. The molecule has 0 radical (unpaired) electrons. The third-order valence-corrected chi connectivity index (χ3v) is 3.91. The summed E-state index contributed by atoms with van der Waals surface area (Å²) < 4.78 is 51.2. The van der Waals surface area contributed by atoms with Crippen LogP contribution in [0.2, 0.25) is 0 Å². The first-order valence-electron chi connectivity index (χ1n) is 6.90. The van der Waals surface area contributed by atoms with Crippen LogP contribution in [0.1, 0.15) is 43.9 Å². The highest BCUT2D eigenvalue weighted by Gasteiger charge is 2.35. The Kier molecular flexibility index (Phi) is 4.42. The van der Waals surface area contributed by atoms with E-state index in [4.69, 9.17) is 0 Å². The quantitative estimate of drug-likeness (QED) is 0.610. The second kappa shape index (κ2) is 5.79. The highest BCUT2D eigenvalue weighted by Crippen LogP contribution is 2.38. The van der Waals surface area contributed by atoms with Crippen molar-refractivity contribution in [3.05, 3.63) is 46.8 Å². The zero-order valence-corrected chi connectivity index (χ0v) is 11.9. The Balaban J connectivity index is 2.23. The first kappa shape index (κ1) is 16.0. The normalized spacial score (nSPS) is 24.6. The van der Waals surface area contributed by atoms with E-state index in [0.29, 0.717) is 18.4 Å². The molecule has 0 aliphatic heterocycles. The van der Waals surface area contributed by atoms with Crippen molar-refractivity contribution in [2.75, 3.05) is 0 Å². The maximum absolute atomic E-state index is 13.6. The number of hydrogen-bond donors (Lipinski definition) is 1. The SMILES string of the molecule is CC1=CC(C)CC(C(O)c2ccc(C(F)(F)F)c(F)c2)C1. The minimum absolute atomic E-state index is 0.0962. The fraction of sp³-hybridized carbons (Fsp3) is 0.500. The maximum Gasteiger partial charge on any atom is 0.419 e. The summed E-state index contributed by atoms with van der Waals surface area (Å²) in [4.78, 5) is 0. The third kappa shape index (κ3) is 3.64. The van der Waals surface area contributed by atoms with Gasteiger partial charge in [-0.2, -0.15) is 13.2 Å². The van der Waals surface area contributed by atoms with E-state index in [1.54, 1.807) is 0 Å². The smallest absolute Gasteiger partial charge is 0.388 e. The van der Waals surface area contributed by atoms with Gasteiger partial charge in [0.05, 0.1) is 11.7 Å². The summed E-state index contributed by atoms with van der Waals surface area (Å²) >= 11 is 0. The van der Waals surface area contributed by atoms with Gasteiger partial charge in [0.15, 0.2) is 0 Å². The molecule has 1 aliphatic rings. The van der Waals surface area contributed by atoms with E-state index in [0.717, 1.165) is 24.1 Å². The summed E-state index contributed by atoms with van der Waals surface area (Å²) in [6.07, 6.45) is -2.13. The Morgan fingerprint density at radius 1 is 1.29 bits per heavy atom. The predicted molar refractivity (Wildman–Crippen MR) is 72.0 cm³/mol. The van der Waals surface area contributed by atoms with Crippen LogP contribution >= 0.6 is 0 Å². The first-order valence-corrected chi connectivity index (χ1v) is 6.90. The molecule has 5 heteroatoms. The highest BCUT2D eigenvalue weighted by molar-refractivity contribution is 5.28. The molecule has 0 heterocycles. The van der Waals surface area contributed by atoms with E-state index in [-0.39, 0.29) is 11.5 Å². The lowest BCUT2D eigenvalue weighted by Crippen LogP contribution is -2.20. The van der Waals surface area contributed by atoms with Crippen molar-refractivity contribution in [1.29, 1.82) is 0 Å². The van der Waals surface area contributed by atoms with Gasteiger partial charge >= 0.3 is 6.18 Å². The van der Waals surface area contributed by atoms with Crippen molar-refractivity contribution < 1.29 is 22.7 Å². The molecule has 3 unspecified atom stereocenters. The van der Waals surface area contributed by atoms with Crippen LogP contribution in [0.25, 0.3) is 0 Å². The summed E-state index contributed by atoms with van der Waals surface area (Å²) in [6.45, 7) is 3.98. The number of aliphatic hydroxyl groups is 1. The minimum atomic E-state index is -4.72. The predicted octanol–water partition coefficient (Wildman–Crippen LogP) is 4.87. The van der Waals surface area contributed by atoms with Gasteiger partial charge in [-0.25, -0.2) is 4.39 Å². The van der Waals surface area contributed by atoms with Crippen molar-refractivity contribution >= 4 is 0 Å². The van der Waals surface area contributed by atoms with Crippen LogP contribution in [0.4, 0.5) is 17.6 Å². The molecule has 1 N–H and O–H groups in total. The molecule has 0 saturated carbocycles. The van der Waals surface area contributed by atoms with Crippen molar-refractivity contribution in [3.8, 4) is 0 Å². The Morgan fingerprint density at radius 2 is 1.95 bits per heavy atom. The Bertz CT molecular complexity index is 548. The van der Waals surface area contributed by atoms with Crippen LogP contribution in [0.3, 0.4) is 0 Å². The van der Waals surface area contributed by atoms with Gasteiger partial charge in [-0.3, -0.25) is 0 Å². The van der Waals surface area contributed by atoms with Crippen molar-refractivity contribution in [2.45, 2.75) is 39.0 Å². The second-order valence-electron chi connectivity index (χ2n) is 5.87. The Labute approximate surface area is 121 Å². The van der Waals surface area contributed by atoms with Gasteiger partial charge in [0.25, 0.3) is 0 Å². The fourth-order valence-electron chi connectivity index (χ4n) is 3.05. The molecule has 21 heavy (non-hydrogen) atoms. The lowest BCUT2D eigenvalue weighted by molar-refractivity contribution is -0.140. The summed E-state index contributed by atoms with van der Waals surface area (Å²) in [6, 6.07) is 2.66. The number of halogens is 4. The fourth-order valence-corrected chi connectivity index (χ4v) is 3.05. The molecule has 116 valence electrons. The summed E-state index contributed by atoms with van der Waals surface area (Å²) in [5, 5.41) is 10.3. The van der Waals surface area contributed by atoms with Crippen LogP contribution in [0, 0.1) is 17.7 Å². The average molecular weight is 302 g/mol. The molecule has 1 aliphatic carbocycles. The minimum Gasteiger partial charge on any atom is -0.388 e. The molecular formula is C16H18F4O. The van der Waals surface area contributed by atoms with E-state index < -0.39 is 23.7 Å². The van der Waals surface area contributed by atoms with Gasteiger partial charge in [-0.05, 0) is 49.3 Å². The number of benzene rings is 1. The van der Waals surface area contributed by atoms with E-state index in [9.17, 15) is 22.7 Å². The van der Waals surface area contributed by atoms with Crippen molar-refractivity contribution in [1.82, 2.24) is 0 Å². The summed E-state index contributed by atoms with van der Waals surface area (Å²) in [7, 11) is 0. The van der Waals surface area contributed by atoms with Crippen molar-refractivity contribution in [3.63, 3.8) is 0 Å². The van der Waals surface area contributed by atoms with Crippen LogP contribution in [0.15, 0.2) is 29.8 Å². The molecule has 0 amide bonds. The van der Waals surface area contributed by atoms with Crippen LogP contribution in [0.5, 0.6) is 0 Å². The molecule has 0 fully saturated rings. The van der Waals surface area contributed by atoms with Gasteiger partial charge in [0.2, 0.25) is 0 Å². The molecule has 1 aromatic rings. The number of alkyl halides is 3. The molecule has 0 aromatic heterocycles. The number of allylic oxidation sites excluding steroid dienone is 2. The van der Waals surface area contributed by atoms with Gasteiger partial charge in [0, 0.05) is 0 Å². The van der Waals surface area contributed by atoms with Crippen LogP contribution in [-0.4, -0.2) is 5.11 Å². The highest BCUT2D eigenvalue weighted by atomic mass is 19.4. The topological polar surface area (TPSA) is 20.2 Å². The lowest BCUT2D eigenvalue weighted by Gasteiger charge is -2.29. The molecule has 2 rings (SSSR count). The van der Waals surface area contributed by atoms with Gasteiger partial charge < -0.3 is 5.11 Å². The number of hydrogen-bond acceptors (Lipinski definition) is 1. The molecule has 0 saturated heterocycles. The number of aliphatic hydroxyl groups excluding tert-OH is 1. The van der Waals surface area contributed by atoms with Gasteiger partial charge in [-0.15, -0.1) is 0 Å². The van der Waals surface area contributed by atoms with Crippen molar-refractivity contribution in [2.24, 2.45) is 11.8 Å². The molecular weight excluding hydrogens is 284 g/mol. The van der Waals surface area contributed by atoms with Gasteiger partial charge in [-0.1, -0.05) is 24.6 Å². The standard InChI is InChI=1S/C16H18F4O/c1-9-5-10(2)7-12(6-9)15(21)11-3-4-13(14(17)8-11)16(18,19)20/h3-5,8-9,12,15,21H,6-7H2,1-2H3. The zero-order chi connectivity index (χ0) is 15.8. The molecule has 0 spiro atoms. The van der Waals surface area contributed by atoms with Gasteiger partial charge in [0.1, 0.15) is 5.82 Å². The van der Waals surface area contributed by atoms with E-state index >= 15 is 0 Å². The molecule has 1 aromatic carbocycles.